The van der Waals surface area contributed by atoms with Crippen molar-refractivity contribution in [2.45, 2.75) is 15.0 Å². The predicted molar refractivity (Wildman–Crippen MR) is 63.0 cm³/mol. The third-order valence-electron chi connectivity index (χ3n) is 1.57. The van der Waals surface area contributed by atoms with Gasteiger partial charge in [0, 0.05) is 11.2 Å². The first-order chi connectivity index (χ1) is 5.99. The van der Waals surface area contributed by atoms with Crippen LogP contribution < -0.4 is 0 Å². The van der Waals surface area contributed by atoms with Crippen molar-refractivity contribution in [2.75, 3.05) is 0 Å². The van der Waals surface area contributed by atoms with Gasteiger partial charge in [0.25, 0.3) is 0 Å². The highest BCUT2D eigenvalue weighted by atomic mass is 79.9. The minimum Gasteiger partial charge on any atom is -0.0837 e. The zero-order valence-corrected chi connectivity index (χ0v) is 10.5. The molecule has 13 heavy (non-hydrogen) atoms. The Bertz CT molecular complexity index is 255. The molecule has 0 nitrogen and oxygen atoms in total. The summed E-state index contributed by atoms with van der Waals surface area (Å²) >= 11 is 20.5. The van der Waals surface area contributed by atoms with Gasteiger partial charge in [-0.2, -0.15) is 0 Å². The van der Waals surface area contributed by atoms with Crippen LogP contribution in [0.25, 0.3) is 0 Å². The number of hydrogen-bond donors (Lipinski definition) is 0. The van der Waals surface area contributed by atoms with E-state index in [-0.39, 0.29) is 4.83 Å². The Hall–Kier alpha value is 0.570. The minimum absolute atomic E-state index is 0.0844. The lowest BCUT2D eigenvalue weighted by molar-refractivity contribution is 0.843. The number of alkyl halides is 4. The fourth-order valence-electron chi connectivity index (χ4n) is 0.983. The molecule has 0 aliphatic carbocycles. The molecule has 4 heteroatoms. The summed E-state index contributed by atoms with van der Waals surface area (Å²) in [5.41, 5.74) is 1.12. The van der Waals surface area contributed by atoms with E-state index in [1.807, 2.05) is 30.3 Å². The average Bonchev–Trinajstić information content (AvgIpc) is 2.03. The first-order valence-electron chi connectivity index (χ1n) is 3.75. The van der Waals surface area contributed by atoms with Gasteiger partial charge >= 0.3 is 0 Å². The number of halogens is 4. The predicted octanol–water partition coefficient (Wildman–Crippen LogP) is 4.88. The third kappa shape index (κ3) is 4.55. The Balaban J connectivity index is 2.64. The summed E-state index contributed by atoms with van der Waals surface area (Å²) in [5, 5.41) is 0. The van der Waals surface area contributed by atoms with Gasteiger partial charge in [0.05, 0.1) is 0 Å². The van der Waals surface area contributed by atoms with Gasteiger partial charge in [0.1, 0.15) is 0 Å². The van der Waals surface area contributed by atoms with Gasteiger partial charge in [0.15, 0.2) is 3.79 Å². The SMILES string of the molecule is ClC(Cl)(Cl)CC(Br)c1ccccc1. The molecule has 0 spiro atoms. The molecule has 1 aromatic carbocycles. The smallest absolute Gasteiger partial charge is 0.0837 e. The van der Waals surface area contributed by atoms with Crippen LogP contribution in [0, 0.1) is 0 Å². The summed E-state index contributed by atoms with van der Waals surface area (Å²) in [7, 11) is 0. The van der Waals surface area contributed by atoms with Crippen molar-refractivity contribution in [3.63, 3.8) is 0 Å². The maximum absolute atomic E-state index is 5.68. The van der Waals surface area contributed by atoms with E-state index >= 15 is 0 Å². The van der Waals surface area contributed by atoms with Gasteiger partial charge < -0.3 is 0 Å². The second-order valence-corrected chi connectivity index (χ2v) is 6.32. The van der Waals surface area contributed by atoms with Crippen LogP contribution in [0.1, 0.15) is 16.8 Å². The van der Waals surface area contributed by atoms with E-state index in [1.165, 1.54) is 0 Å². The van der Waals surface area contributed by atoms with Crippen molar-refractivity contribution < 1.29 is 0 Å². The lowest BCUT2D eigenvalue weighted by atomic mass is 10.1. The lowest BCUT2D eigenvalue weighted by Gasteiger charge is -2.15. The molecule has 1 rings (SSSR count). The van der Waals surface area contributed by atoms with E-state index < -0.39 is 3.79 Å². The van der Waals surface area contributed by atoms with Crippen molar-refractivity contribution >= 4 is 50.7 Å². The average molecular weight is 302 g/mol. The molecule has 0 aliphatic heterocycles. The highest BCUT2D eigenvalue weighted by molar-refractivity contribution is 9.09. The zero-order valence-electron chi connectivity index (χ0n) is 6.68. The number of rotatable bonds is 2. The van der Waals surface area contributed by atoms with Crippen molar-refractivity contribution in [1.29, 1.82) is 0 Å². The van der Waals surface area contributed by atoms with Gasteiger partial charge in [-0.1, -0.05) is 81.1 Å². The van der Waals surface area contributed by atoms with Gasteiger partial charge in [-0.3, -0.25) is 0 Å². The first-order valence-corrected chi connectivity index (χ1v) is 5.80. The van der Waals surface area contributed by atoms with E-state index in [9.17, 15) is 0 Å². The van der Waals surface area contributed by atoms with Crippen molar-refractivity contribution in [3.8, 4) is 0 Å². The molecule has 0 fully saturated rings. The Labute approximate surface area is 101 Å². The van der Waals surface area contributed by atoms with Gasteiger partial charge in [0.2, 0.25) is 0 Å². The van der Waals surface area contributed by atoms with E-state index in [1.54, 1.807) is 0 Å². The van der Waals surface area contributed by atoms with Crippen LogP contribution in [0.4, 0.5) is 0 Å². The zero-order chi connectivity index (χ0) is 9.90. The monoisotopic (exact) mass is 300 g/mol. The molecular weight excluding hydrogens is 294 g/mol. The van der Waals surface area contributed by atoms with Crippen molar-refractivity contribution in [3.05, 3.63) is 35.9 Å². The van der Waals surface area contributed by atoms with Crippen LogP contribution in [0.5, 0.6) is 0 Å². The van der Waals surface area contributed by atoms with Gasteiger partial charge in [-0.05, 0) is 5.56 Å². The Kier molecular flexibility index (Phi) is 4.37. The second-order valence-electron chi connectivity index (χ2n) is 2.70. The molecule has 0 aromatic heterocycles. The molecule has 0 saturated carbocycles. The van der Waals surface area contributed by atoms with Gasteiger partial charge in [-0.25, -0.2) is 0 Å². The number of hydrogen-bond acceptors (Lipinski definition) is 0. The minimum atomic E-state index is -1.20. The molecule has 0 radical (unpaired) electrons. The highest BCUT2D eigenvalue weighted by Gasteiger charge is 2.24. The fourth-order valence-corrected chi connectivity index (χ4v) is 2.80. The second kappa shape index (κ2) is 4.88. The number of benzene rings is 1. The molecule has 0 aliphatic rings. The fraction of sp³-hybridized carbons (Fsp3) is 0.333. The molecule has 72 valence electrons. The Morgan fingerprint density at radius 1 is 1.15 bits per heavy atom. The largest absolute Gasteiger partial charge is 0.192 e. The lowest BCUT2D eigenvalue weighted by Crippen LogP contribution is -2.05. The normalized spacial score (nSPS) is 14.2. The summed E-state index contributed by atoms with van der Waals surface area (Å²) in [5.74, 6) is 0. The molecule has 0 amide bonds. The quantitative estimate of drug-likeness (QED) is 0.683. The van der Waals surface area contributed by atoms with E-state index in [0.29, 0.717) is 6.42 Å². The summed E-state index contributed by atoms with van der Waals surface area (Å²) < 4.78 is -1.20. The van der Waals surface area contributed by atoms with Gasteiger partial charge in [-0.15, -0.1) is 0 Å². The van der Waals surface area contributed by atoms with Crippen LogP contribution in [-0.2, 0) is 0 Å². The molecule has 1 unspecified atom stereocenters. The Morgan fingerprint density at radius 2 is 1.69 bits per heavy atom. The highest BCUT2D eigenvalue weighted by Crippen LogP contribution is 2.40. The maximum atomic E-state index is 5.68. The van der Waals surface area contributed by atoms with Crippen LogP contribution in [0.3, 0.4) is 0 Å². The first kappa shape index (κ1) is 11.6. The van der Waals surface area contributed by atoms with Crippen LogP contribution in [-0.4, -0.2) is 3.79 Å². The van der Waals surface area contributed by atoms with Crippen LogP contribution in [0.15, 0.2) is 30.3 Å². The molecule has 0 saturated heterocycles. The van der Waals surface area contributed by atoms with Crippen molar-refractivity contribution in [1.82, 2.24) is 0 Å². The molecule has 0 N–H and O–H groups in total. The van der Waals surface area contributed by atoms with E-state index in [0.717, 1.165) is 5.56 Å². The summed E-state index contributed by atoms with van der Waals surface area (Å²) in [4.78, 5) is 0.0844. The van der Waals surface area contributed by atoms with Crippen LogP contribution in [0.2, 0.25) is 0 Å². The molecule has 1 aromatic rings. The van der Waals surface area contributed by atoms with E-state index in [4.69, 9.17) is 34.8 Å². The maximum Gasteiger partial charge on any atom is 0.192 e. The third-order valence-corrected chi connectivity index (χ3v) is 2.89. The topological polar surface area (TPSA) is 0 Å². The molecule has 1 atom stereocenters. The molecule has 0 heterocycles. The molecular formula is C9H8BrCl3. The van der Waals surface area contributed by atoms with Crippen LogP contribution >= 0.6 is 50.7 Å². The molecule has 0 bridgehead atoms. The standard InChI is InChI=1S/C9H8BrCl3/c10-8(6-9(11,12)13)7-4-2-1-3-5-7/h1-5,8H,6H2. The Morgan fingerprint density at radius 3 is 2.15 bits per heavy atom. The summed E-state index contributed by atoms with van der Waals surface area (Å²) in [6.07, 6.45) is 0.460. The summed E-state index contributed by atoms with van der Waals surface area (Å²) in [6.45, 7) is 0. The van der Waals surface area contributed by atoms with Crippen molar-refractivity contribution in [2.24, 2.45) is 0 Å². The summed E-state index contributed by atoms with van der Waals surface area (Å²) in [6, 6.07) is 9.87. The van der Waals surface area contributed by atoms with E-state index in [2.05, 4.69) is 15.9 Å².